The summed E-state index contributed by atoms with van der Waals surface area (Å²) >= 11 is 0. The van der Waals surface area contributed by atoms with Crippen LogP contribution < -0.4 is 5.32 Å². The molecular formula is C10H19N. The predicted molar refractivity (Wildman–Crippen MR) is 47.6 cm³/mol. The van der Waals surface area contributed by atoms with Crippen molar-refractivity contribution in [2.45, 2.75) is 39.0 Å². The third kappa shape index (κ3) is 1.31. The molecule has 11 heavy (non-hydrogen) atoms. The molecule has 0 aromatic rings. The zero-order valence-corrected chi connectivity index (χ0v) is 7.53. The summed E-state index contributed by atoms with van der Waals surface area (Å²) < 4.78 is 0. The lowest BCUT2D eigenvalue weighted by molar-refractivity contribution is 0.0771. The minimum absolute atomic E-state index is 0.712. The van der Waals surface area contributed by atoms with E-state index in [4.69, 9.17) is 0 Å². The van der Waals surface area contributed by atoms with Crippen LogP contribution >= 0.6 is 0 Å². The van der Waals surface area contributed by atoms with Gasteiger partial charge in [-0.1, -0.05) is 19.8 Å². The number of fused-ring (bicyclic) bond motifs is 1. The molecule has 0 bridgehead atoms. The van der Waals surface area contributed by atoms with E-state index >= 15 is 0 Å². The normalized spacial score (nSPS) is 45.0. The van der Waals surface area contributed by atoms with E-state index in [-0.39, 0.29) is 0 Å². The van der Waals surface area contributed by atoms with Gasteiger partial charge in [0, 0.05) is 0 Å². The van der Waals surface area contributed by atoms with E-state index in [1.165, 1.54) is 45.2 Å². The van der Waals surface area contributed by atoms with Crippen LogP contribution in [0.2, 0.25) is 0 Å². The van der Waals surface area contributed by atoms with Gasteiger partial charge >= 0.3 is 0 Å². The average molecular weight is 153 g/mol. The standard InChI is InChI=1S/C10H19N/c1-10-5-3-2-4-9(10)8-11-7-6-10/h9,11H,2-8H2,1H3/t9-,10+/m1/s1. The van der Waals surface area contributed by atoms with Crippen molar-refractivity contribution >= 4 is 0 Å². The first kappa shape index (κ1) is 7.60. The fourth-order valence-corrected chi connectivity index (χ4v) is 2.80. The highest BCUT2D eigenvalue weighted by atomic mass is 14.9. The van der Waals surface area contributed by atoms with Gasteiger partial charge in [0.05, 0.1) is 0 Å². The van der Waals surface area contributed by atoms with E-state index < -0.39 is 0 Å². The van der Waals surface area contributed by atoms with Crippen LogP contribution in [0.5, 0.6) is 0 Å². The third-order valence-corrected chi connectivity index (χ3v) is 3.80. The van der Waals surface area contributed by atoms with Gasteiger partial charge in [0.2, 0.25) is 0 Å². The smallest absolute Gasteiger partial charge is 0.00153 e. The summed E-state index contributed by atoms with van der Waals surface area (Å²) in [4.78, 5) is 0. The maximum absolute atomic E-state index is 3.51. The maximum atomic E-state index is 3.51. The Bertz CT molecular complexity index is 130. The van der Waals surface area contributed by atoms with Crippen LogP contribution in [0, 0.1) is 11.3 Å². The summed E-state index contributed by atoms with van der Waals surface area (Å²) in [6, 6.07) is 0. The fourth-order valence-electron chi connectivity index (χ4n) is 2.80. The van der Waals surface area contributed by atoms with Crippen LogP contribution in [-0.4, -0.2) is 13.1 Å². The molecule has 0 unspecified atom stereocenters. The molecule has 1 N–H and O–H groups in total. The molecule has 2 aliphatic rings. The molecule has 1 nitrogen and oxygen atoms in total. The molecule has 2 fully saturated rings. The van der Waals surface area contributed by atoms with Gasteiger partial charge in [-0.3, -0.25) is 0 Å². The van der Waals surface area contributed by atoms with Gasteiger partial charge in [0.1, 0.15) is 0 Å². The van der Waals surface area contributed by atoms with E-state index in [1.54, 1.807) is 0 Å². The Hall–Kier alpha value is -0.0400. The molecule has 64 valence electrons. The van der Waals surface area contributed by atoms with Gasteiger partial charge in [-0.25, -0.2) is 0 Å². The lowest BCUT2D eigenvalue weighted by Crippen LogP contribution is -2.45. The van der Waals surface area contributed by atoms with Crippen molar-refractivity contribution in [3.8, 4) is 0 Å². The van der Waals surface area contributed by atoms with Crippen molar-refractivity contribution in [2.24, 2.45) is 11.3 Å². The zero-order valence-electron chi connectivity index (χ0n) is 7.53. The van der Waals surface area contributed by atoms with Gasteiger partial charge < -0.3 is 5.32 Å². The second kappa shape index (κ2) is 2.78. The Morgan fingerprint density at radius 1 is 1.27 bits per heavy atom. The van der Waals surface area contributed by atoms with Crippen molar-refractivity contribution in [2.75, 3.05) is 13.1 Å². The fraction of sp³-hybridized carbons (Fsp3) is 1.00. The number of hydrogen-bond acceptors (Lipinski definition) is 1. The Morgan fingerprint density at radius 3 is 3.00 bits per heavy atom. The molecule has 0 amide bonds. The minimum Gasteiger partial charge on any atom is -0.316 e. The molecule has 1 saturated heterocycles. The van der Waals surface area contributed by atoms with Crippen LogP contribution in [0.25, 0.3) is 0 Å². The monoisotopic (exact) mass is 153 g/mol. The van der Waals surface area contributed by atoms with Gasteiger partial charge in [-0.15, -0.1) is 0 Å². The van der Waals surface area contributed by atoms with Crippen molar-refractivity contribution in [1.82, 2.24) is 5.32 Å². The van der Waals surface area contributed by atoms with E-state index in [9.17, 15) is 0 Å². The molecule has 2 atom stereocenters. The summed E-state index contributed by atoms with van der Waals surface area (Å²) in [5, 5.41) is 3.51. The second-order valence-electron chi connectivity index (χ2n) is 4.55. The summed E-state index contributed by atoms with van der Waals surface area (Å²) in [5.74, 6) is 0.991. The van der Waals surface area contributed by atoms with Gasteiger partial charge in [0.15, 0.2) is 0 Å². The first-order valence-corrected chi connectivity index (χ1v) is 5.02. The number of hydrogen-bond donors (Lipinski definition) is 1. The maximum Gasteiger partial charge on any atom is -0.00153 e. The first-order valence-electron chi connectivity index (χ1n) is 5.02. The SMILES string of the molecule is C[C@@]12CCCC[C@@H]1CNCC2. The Balaban J connectivity index is 2.06. The summed E-state index contributed by atoms with van der Waals surface area (Å²) in [6.07, 6.45) is 7.33. The lowest BCUT2D eigenvalue weighted by atomic mass is 9.64. The quantitative estimate of drug-likeness (QED) is 0.562. The van der Waals surface area contributed by atoms with Crippen LogP contribution in [0.15, 0.2) is 0 Å². The molecule has 1 heterocycles. The second-order valence-corrected chi connectivity index (χ2v) is 4.55. The highest BCUT2D eigenvalue weighted by Gasteiger charge is 2.37. The molecule has 1 aliphatic heterocycles. The molecule has 1 aliphatic carbocycles. The Kier molecular flexibility index (Phi) is 1.92. The van der Waals surface area contributed by atoms with E-state index in [1.807, 2.05) is 0 Å². The Labute approximate surface area is 69.6 Å². The van der Waals surface area contributed by atoms with Crippen molar-refractivity contribution in [3.63, 3.8) is 0 Å². The summed E-state index contributed by atoms with van der Waals surface area (Å²) in [7, 11) is 0. The van der Waals surface area contributed by atoms with Gasteiger partial charge in [0.25, 0.3) is 0 Å². The van der Waals surface area contributed by atoms with Crippen LogP contribution in [0.4, 0.5) is 0 Å². The van der Waals surface area contributed by atoms with Crippen molar-refractivity contribution in [3.05, 3.63) is 0 Å². The number of piperidine rings is 1. The highest BCUT2D eigenvalue weighted by molar-refractivity contribution is 4.90. The molecule has 0 aromatic heterocycles. The van der Waals surface area contributed by atoms with Crippen molar-refractivity contribution in [1.29, 1.82) is 0 Å². The molecule has 2 rings (SSSR count). The predicted octanol–water partition coefficient (Wildman–Crippen LogP) is 2.18. The molecule has 0 spiro atoms. The molecule has 1 saturated carbocycles. The topological polar surface area (TPSA) is 12.0 Å². The Morgan fingerprint density at radius 2 is 2.18 bits per heavy atom. The molecule has 0 radical (unpaired) electrons. The lowest BCUT2D eigenvalue weighted by Gasteiger charge is -2.45. The summed E-state index contributed by atoms with van der Waals surface area (Å²) in [5.41, 5.74) is 0.712. The third-order valence-electron chi connectivity index (χ3n) is 3.80. The number of nitrogens with one attached hydrogen (secondary N) is 1. The van der Waals surface area contributed by atoms with Gasteiger partial charge in [-0.2, -0.15) is 0 Å². The number of rotatable bonds is 0. The minimum atomic E-state index is 0.712. The van der Waals surface area contributed by atoms with Crippen LogP contribution in [0.1, 0.15) is 39.0 Å². The van der Waals surface area contributed by atoms with Crippen LogP contribution in [-0.2, 0) is 0 Å². The molecular weight excluding hydrogens is 134 g/mol. The van der Waals surface area contributed by atoms with Crippen LogP contribution in [0.3, 0.4) is 0 Å². The molecule has 0 aromatic carbocycles. The van der Waals surface area contributed by atoms with Gasteiger partial charge in [-0.05, 0) is 43.7 Å². The van der Waals surface area contributed by atoms with E-state index in [0.29, 0.717) is 5.41 Å². The van der Waals surface area contributed by atoms with Crippen molar-refractivity contribution < 1.29 is 0 Å². The zero-order chi connectivity index (χ0) is 7.73. The van der Waals surface area contributed by atoms with E-state index in [0.717, 1.165) is 5.92 Å². The largest absolute Gasteiger partial charge is 0.316 e. The molecule has 1 heteroatoms. The highest BCUT2D eigenvalue weighted by Crippen LogP contribution is 2.44. The first-order chi connectivity index (χ1) is 5.31. The average Bonchev–Trinajstić information content (AvgIpc) is 2.03. The summed E-state index contributed by atoms with van der Waals surface area (Å²) in [6.45, 7) is 5.04. The van der Waals surface area contributed by atoms with E-state index in [2.05, 4.69) is 12.2 Å².